The Morgan fingerprint density at radius 1 is 1.18 bits per heavy atom. The van der Waals surface area contributed by atoms with Crippen molar-refractivity contribution in [3.63, 3.8) is 0 Å². The first-order valence-electron chi connectivity index (χ1n) is 9.36. The fourth-order valence-electron chi connectivity index (χ4n) is 3.25. The zero-order chi connectivity index (χ0) is 20.1. The van der Waals surface area contributed by atoms with Crippen molar-refractivity contribution in [1.82, 2.24) is 0 Å². The van der Waals surface area contributed by atoms with Gasteiger partial charge in [-0.3, -0.25) is 9.59 Å². The van der Waals surface area contributed by atoms with Gasteiger partial charge < -0.3 is 20.5 Å². The summed E-state index contributed by atoms with van der Waals surface area (Å²) in [5, 5.41) is 3.33. The van der Waals surface area contributed by atoms with Crippen LogP contribution in [0.4, 0.5) is 5.00 Å². The van der Waals surface area contributed by atoms with E-state index in [2.05, 4.69) is 5.32 Å². The number of carbonyl (C=O) groups is 2. The molecule has 0 fully saturated rings. The van der Waals surface area contributed by atoms with Gasteiger partial charge in [-0.25, -0.2) is 0 Å². The highest BCUT2D eigenvalue weighted by Gasteiger charge is 2.25. The Balaban J connectivity index is 1.74. The SMILES string of the molecule is CCOc1ccc(/C=C/C(=O)Nc2sc3c(c2C(N)=O)CCC3)cc1OCC. The standard InChI is InChI=1S/C21H24N2O4S/c1-3-26-15-10-8-13(12-16(15)27-4-2)9-11-18(24)23-21-19(20(22)25)14-6-5-7-17(14)28-21/h8-12H,3-7H2,1-2H3,(H2,22,25)(H,23,24)/b11-9+. The Morgan fingerprint density at radius 3 is 2.64 bits per heavy atom. The lowest BCUT2D eigenvalue weighted by Gasteiger charge is -2.11. The normalized spacial score (nSPS) is 12.8. The van der Waals surface area contributed by atoms with Gasteiger partial charge in [-0.1, -0.05) is 6.07 Å². The van der Waals surface area contributed by atoms with Crippen LogP contribution < -0.4 is 20.5 Å². The van der Waals surface area contributed by atoms with Crippen LogP contribution in [-0.4, -0.2) is 25.0 Å². The zero-order valence-corrected chi connectivity index (χ0v) is 16.9. The van der Waals surface area contributed by atoms with Crippen LogP contribution in [0.15, 0.2) is 24.3 Å². The average molecular weight is 401 g/mol. The van der Waals surface area contributed by atoms with E-state index >= 15 is 0 Å². The average Bonchev–Trinajstić information content (AvgIpc) is 3.22. The smallest absolute Gasteiger partial charge is 0.251 e. The summed E-state index contributed by atoms with van der Waals surface area (Å²) in [7, 11) is 0. The summed E-state index contributed by atoms with van der Waals surface area (Å²) in [6.07, 6.45) is 5.91. The van der Waals surface area contributed by atoms with Crippen molar-refractivity contribution >= 4 is 34.2 Å². The number of primary amides is 1. The largest absolute Gasteiger partial charge is 0.490 e. The molecule has 0 spiro atoms. The van der Waals surface area contributed by atoms with E-state index in [1.165, 1.54) is 17.4 Å². The van der Waals surface area contributed by atoms with Gasteiger partial charge in [0.05, 0.1) is 18.8 Å². The molecule has 0 radical (unpaired) electrons. The third kappa shape index (κ3) is 4.36. The molecule has 1 aliphatic carbocycles. The lowest BCUT2D eigenvalue weighted by molar-refractivity contribution is -0.111. The second kappa shape index (κ2) is 8.93. The first kappa shape index (κ1) is 19.9. The number of fused-ring (bicyclic) bond motifs is 1. The first-order valence-corrected chi connectivity index (χ1v) is 10.2. The molecule has 0 unspecified atom stereocenters. The predicted octanol–water partition coefficient (Wildman–Crippen LogP) is 3.79. The number of aryl methyl sites for hydroxylation is 1. The minimum Gasteiger partial charge on any atom is -0.490 e. The van der Waals surface area contributed by atoms with E-state index in [1.54, 1.807) is 6.08 Å². The molecule has 0 atom stereocenters. The number of anilines is 1. The molecule has 1 aromatic heterocycles. The number of carbonyl (C=O) groups excluding carboxylic acids is 2. The molecule has 7 heteroatoms. The monoisotopic (exact) mass is 400 g/mol. The first-order chi connectivity index (χ1) is 13.5. The number of benzene rings is 1. The van der Waals surface area contributed by atoms with Crippen molar-refractivity contribution in [1.29, 1.82) is 0 Å². The Morgan fingerprint density at radius 2 is 1.93 bits per heavy atom. The maximum Gasteiger partial charge on any atom is 0.251 e. The van der Waals surface area contributed by atoms with Gasteiger partial charge in [-0.15, -0.1) is 11.3 Å². The lowest BCUT2D eigenvalue weighted by atomic mass is 10.1. The Labute approximate surface area is 168 Å². The van der Waals surface area contributed by atoms with Gasteiger partial charge >= 0.3 is 0 Å². The van der Waals surface area contributed by atoms with Gasteiger partial charge in [-0.05, 0) is 62.4 Å². The summed E-state index contributed by atoms with van der Waals surface area (Å²) in [6, 6.07) is 5.50. The number of amides is 2. The molecule has 2 aromatic rings. The third-order valence-corrected chi connectivity index (χ3v) is 5.61. The van der Waals surface area contributed by atoms with Gasteiger partial charge in [0.2, 0.25) is 5.91 Å². The topological polar surface area (TPSA) is 90.6 Å². The van der Waals surface area contributed by atoms with Crippen LogP contribution in [0.5, 0.6) is 11.5 Å². The molecule has 1 heterocycles. The molecule has 3 N–H and O–H groups in total. The number of hydrogen-bond donors (Lipinski definition) is 2. The second-order valence-electron chi connectivity index (χ2n) is 6.32. The minimum absolute atomic E-state index is 0.311. The van der Waals surface area contributed by atoms with Gasteiger partial charge in [0.1, 0.15) is 5.00 Å². The molecule has 1 aliphatic rings. The summed E-state index contributed by atoms with van der Waals surface area (Å²) in [6.45, 7) is 4.88. The molecule has 1 aromatic carbocycles. The minimum atomic E-state index is -0.494. The van der Waals surface area contributed by atoms with E-state index in [4.69, 9.17) is 15.2 Å². The second-order valence-corrected chi connectivity index (χ2v) is 7.43. The van der Waals surface area contributed by atoms with Crippen molar-refractivity contribution in [2.45, 2.75) is 33.1 Å². The van der Waals surface area contributed by atoms with E-state index in [-0.39, 0.29) is 5.91 Å². The number of thiophene rings is 1. The van der Waals surface area contributed by atoms with Gasteiger partial charge in [0.25, 0.3) is 5.91 Å². The molecule has 0 bridgehead atoms. The van der Waals surface area contributed by atoms with E-state index in [1.807, 2.05) is 32.0 Å². The van der Waals surface area contributed by atoms with Crippen LogP contribution in [0.1, 0.15) is 46.6 Å². The van der Waals surface area contributed by atoms with Gasteiger partial charge in [0.15, 0.2) is 11.5 Å². The molecule has 28 heavy (non-hydrogen) atoms. The van der Waals surface area contributed by atoms with Crippen molar-refractivity contribution in [2.75, 3.05) is 18.5 Å². The quantitative estimate of drug-likeness (QED) is 0.660. The highest BCUT2D eigenvalue weighted by Crippen LogP contribution is 2.38. The Bertz CT molecular complexity index is 917. The highest BCUT2D eigenvalue weighted by molar-refractivity contribution is 7.17. The van der Waals surface area contributed by atoms with E-state index < -0.39 is 5.91 Å². The maximum atomic E-state index is 12.4. The highest BCUT2D eigenvalue weighted by atomic mass is 32.1. The van der Waals surface area contributed by atoms with Crippen LogP contribution in [0, 0.1) is 0 Å². The van der Waals surface area contributed by atoms with Crippen LogP contribution >= 0.6 is 11.3 Å². The summed E-state index contributed by atoms with van der Waals surface area (Å²) in [5.41, 5.74) is 7.79. The van der Waals surface area contributed by atoms with Gasteiger partial charge in [0, 0.05) is 11.0 Å². The predicted molar refractivity (Wildman–Crippen MR) is 111 cm³/mol. The lowest BCUT2D eigenvalue weighted by Crippen LogP contribution is -2.16. The van der Waals surface area contributed by atoms with Crippen molar-refractivity contribution in [3.8, 4) is 11.5 Å². The molecule has 148 valence electrons. The number of ether oxygens (including phenoxy) is 2. The Kier molecular flexibility index (Phi) is 6.36. The van der Waals surface area contributed by atoms with Crippen molar-refractivity contribution in [2.24, 2.45) is 5.73 Å². The number of nitrogens with two attached hydrogens (primary N) is 1. The fraction of sp³-hybridized carbons (Fsp3) is 0.333. The summed E-state index contributed by atoms with van der Waals surface area (Å²) < 4.78 is 11.1. The number of nitrogens with one attached hydrogen (secondary N) is 1. The molecular weight excluding hydrogens is 376 g/mol. The van der Waals surface area contributed by atoms with Crippen LogP contribution in [0.25, 0.3) is 6.08 Å². The molecule has 6 nitrogen and oxygen atoms in total. The molecule has 0 aliphatic heterocycles. The van der Waals surface area contributed by atoms with Crippen LogP contribution in [-0.2, 0) is 17.6 Å². The third-order valence-electron chi connectivity index (χ3n) is 4.40. The van der Waals surface area contributed by atoms with Crippen LogP contribution in [0.2, 0.25) is 0 Å². The zero-order valence-electron chi connectivity index (χ0n) is 16.0. The molecule has 2 amide bonds. The molecular formula is C21H24N2O4S. The molecule has 3 rings (SSSR count). The number of hydrogen-bond acceptors (Lipinski definition) is 5. The van der Waals surface area contributed by atoms with E-state index in [9.17, 15) is 9.59 Å². The fourth-order valence-corrected chi connectivity index (χ4v) is 4.55. The maximum absolute atomic E-state index is 12.4. The molecule has 0 saturated carbocycles. The van der Waals surface area contributed by atoms with Crippen molar-refractivity contribution in [3.05, 3.63) is 45.8 Å². The van der Waals surface area contributed by atoms with Gasteiger partial charge in [-0.2, -0.15) is 0 Å². The summed E-state index contributed by atoms with van der Waals surface area (Å²) in [4.78, 5) is 25.3. The van der Waals surface area contributed by atoms with E-state index in [0.29, 0.717) is 35.3 Å². The number of rotatable bonds is 8. The molecule has 0 saturated heterocycles. The Hall–Kier alpha value is -2.80. The summed E-state index contributed by atoms with van der Waals surface area (Å²) in [5.74, 6) is 0.503. The van der Waals surface area contributed by atoms with Crippen molar-refractivity contribution < 1.29 is 19.1 Å². The van der Waals surface area contributed by atoms with E-state index in [0.717, 1.165) is 35.3 Å². The van der Waals surface area contributed by atoms with Crippen LogP contribution in [0.3, 0.4) is 0 Å². The summed E-state index contributed by atoms with van der Waals surface area (Å²) >= 11 is 1.44.